The van der Waals surface area contributed by atoms with Crippen molar-refractivity contribution in [3.8, 4) is 0 Å². The van der Waals surface area contributed by atoms with Gasteiger partial charge in [-0.1, -0.05) is 111 Å². The third kappa shape index (κ3) is 7.15. The topological polar surface area (TPSA) is 0 Å². The Bertz CT molecular complexity index is 590. The minimum Gasteiger partial charge on any atom is -0.0799 e. The summed E-state index contributed by atoms with van der Waals surface area (Å²) in [7, 11) is 0. The fraction of sp³-hybridized carbons (Fsp3) is 0.304. The van der Waals surface area contributed by atoms with Gasteiger partial charge >= 0.3 is 0 Å². The summed E-state index contributed by atoms with van der Waals surface area (Å²) in [5.74, 6) is 0. The van der Waals surface area contributed by atoms with Crippen LogP contribution in [0.5, 0.6) is 0 Å². The van der Waals surface area contributed by atoms with Crippen molar-refractivity contribution in [1.29, 1.82) is 0 Å². The molecule has 0 atom stereocenters. The Labute approximate surface area is 141 Å². The number of rotatable bonds is 9. The number of benzene rings is 2. The van der Waals surface area contributed by atoms with Gasteiger partial charge in [0.25, 0.3) is 0 Å². The highest BCUT2D eigenvalue weighted by atomic mass is 14.0. The van der Waals surface area contributed by atoms with Crippen LogP contribution in [-0.4, -0.2) is 0 Å². The van der Waals surface area contributed by atoms with Crippen LogP contribution in [0.15, 0.2) is 72.3 Å². The molecule has 2 aromatic carbocycles. The number of allylic oxidation sites excluding steroid dienone is 2. The summed E-state index contributed by atoms with van der Waals surface area (Å²) < 4.78 is 0. The molecule has 2 rings (SSSR count). The molecular weight excluding hydrogens is 276 g/mol. The van der Waals surface area contributed by atoms with Crippen LogP contribution in [0.1, 0.15) is 56.6 Å². The molecule has 0 radical (unpaired) electrons. The zero-order valence-electron chi connectivity index (χ0n) is 14.2. The highest BCUT2D eigenvalue weighted by Gasteiger charge is 1.98. The third-order valence-electron chi connectivity index (χ3n) is 4.01. The molecule has 0 bridgehead atoms. The Morgan fingerprint density at radius 3 is 2.09 bits per heavy atom. The first kappa shape index (κ1) is 17.3. The normalized spacial score (nSPS) is 12.0. The molecule has 0 heteroatoms. The van der Waals surface area contributed by atoms with Crippen LogP contribution < -0.4 is 0 Å². The first-order chi connectivity index (χ1) is 11.4. The molecule has 0 saturated carbocycles. The lowest BCUT2D eigenvalue weighted by Gasteiger charge is -2.06. The lowest BCUT2D eigenvalue weighted by molar-refractivity contribution is 0.662. The van der Waals surface area contributed by atoms with E-state index in [9.17, 15) is 0 Å². The number of unbranched alkanes of at least 4 members (excludes halogenated alkanes) is 3. The molecule has 0 spiro atoms. The minimum absolute atomic E-state index is 1.04. The molecule has 0 fully saturated rings. The SMILES string of the molecule is CCCCCC/C(=C\c1ccccc1)C/C=C/c1ccccc1. The quantitative estimate of drug-likeness (QED) is 0.432. The first-order valence-corrected chi connectivity index (χ1v) is 8.84. The Kier molecular flexibility index (Phi) is 7.97. The molecule has 0 amide bonds. The van der Waals surface area contributed by atoms with Crippen LogP contribution in [0.3, 0.4) is 0 Å². The summed E-state index contributed by atoms with van der Waals surface area (Å²) in [6.07, 6.45) is 14.4. The van der Waals surface area contributed by atoms with Crippen molar-refractivity contribution in [2.24, 2.45) is 0 Å². The average Bonchev–Trinajstić information content (AvgIpc) is 2.60. The smallest absolute Gasteiger partial charge is 0.0132 e. The molecule has 0 aliphatic carbocycles. The van der Waals surface area contributed by atoms with E-state index in [0.29, 0.717) is 0 Å². The van der Waals surface area contributed by atoms with Gasteiger partial charge in [0.1, 0.15) is 0 Å². The van der Waals surface area contributed by atoms with Crippen molar-refractivity contribution in [3.05, 3.63) is 83.4 Å². The number of hydrogen-bond acceptors (Lipinski definition) is 0. The van der Waals surface area contributed by atoms with E-state index >= 15 is 0 Å². The van der Waals surface area contributed by atoms with Crippen molar-refractivity contribution in [2.45, 2.75) is 45.4 Å². The van der Waals surface area contributed by atoms with Gasteiger partial charge in [-0.25, -0.2) is 0 Å². The molecule has 0 aliphatic rings. The molecule has 120 valence electrons. The van der Waals surface area contributed by atoms with E-state index < -0.39 is 0 Å². The van der Waals surface area contributed by atoms with Gasteiger partial charge in [-0.3, -0.25) is 0 Å². The fourth-order valence-electron chi connectivity index (χ4n) is 2.71. The largest absolute Gasteiger partial charge is 0.0799 e. The van der Waals surface area contributed by atoms with E-state index in [2.05, 4.69) is 85.8 Å². The molecule has 23 heavy (non-hydrogen) atoms. The van der Waals surface area contributed by atoms with Gasteiger partial charge < -0.3 is 0 Å². The molecule has 0 nitrogen and oxygen atoms in total. The molecule has 0 unspecified atom stereocenters. The maximum atomic E-state index is 2.36. The van der Waals surface area contributed by atoms with Gasteiger partial charge in [-0.2, -0.15) is 0 Å². The van der Waals surface area contributed by atoms with Crippen LogP contribution in [-0.2, 0) is 0 Å². The molecule has 0 N–H and O–H groups in total. The predicted octanol–water partition coefficient (Wildman–Crippen LogP) is 7.14. The Morgan fingerprint density at radius 2 is 1.43 bits per heavy atom. The summed E-state index contributed by atoms with van der Waals surface area (Å²) in [4.78, 5) is 0. The molecular formula is C23H28. The summed E-state index contributed by atoms with van der Waals surface area (Å²) in [5, 5.41) is 0. The van der Waals surface area contributed by atoms with E-state index in [-0.39, 0.29) is 0 Å². The van der Waals surface area contributed by atoms with Crippen LogP contribution >= 0.6 is 0 Å². The van der Waals surface area contributed by atoms with E-state index in [1.807, 2.05) is 0 Å². The van der Waals surface area contributed by atoms with Crippen molar-refractivity contribution in [3.63, 3.8) is 0 Å². The molecule has 0 aromatic heterocycles. The maximum Gasteiger partial charge on any atom is -0.0132 e. The van der Waals surface area contributed by atoms with E-state index in [4.69, 9.17) is 0 Å². The molecule has 0 saturated heterocycles. The van der Waals surface area contributed by atoms with Gasteiger partial charge in [-0.15, -0.1) is 0 Å². The van der Waals surface area contributed by atoms with E-state index in [1.54, 1.807) is 0 Å². The summed E-state index contributed by atoms with van der Waals surface area (Å²) in [6.45, 7) is 2.27. The minimum atomic E-state index is 1.04. The second-order valence-electron chi connectivity index (χ2n) is 6.04. The van der Waals surface area contributed by atoms with Gasteiger partial charge in [0.15, 0.2) is 0 Å². The van der Waals surface area contributed by atoms with E-state index in [0.717, 1.165) is 6.42 Å². The van der Waals surface area contributed by atoms with Crippen LogP contribution in [0, 0.1) is 0 Å². The highest BCUT2D eigenvalue weighted by molar-refractivity contribution is 5.55. The lowest BCUT2D eigenvalue weighted by atomic mass is 10.0. The fourth-order valence-corrected chi connectivity index (χ4v) is 2.71. The second-order valence-corrected chi connectivity index (χ2v) is 6.04. The Morgan fingerprint density at radius 1 is 0.783 bits per heavy atom. The van der Waals surface area contributed by atoms with Crippen molar-refractivity contribution in [2.75, 3.05) is 0 Å². The van der Waals surface area contributed by atoms with Gasteiger partial charge in [-0.05, 0) is 30.4 Å². The van der Waals surface area contributed by atoms with E-state index in [1.165, 1.54) is 48.8 Å². The van der Waals surface area contributed by atoms with Crippen molar-refractivity contribution < 1.29 is 0 Å². The summed E-state index contributed by atoms with van der Waals surface area (Å²) in [6, 6.07) is 21.2. The summed E-state index contributed by atoms with van der Waals surface area (Å²) in [5.41, 5.74) is 4.11. The zero-order chi connectivity index (χ0) is 16.2. The first-order valence-electron chi connectivity index (χ1n) is 8.84. The summed E-state index contributed by atoms with van der Waals surface area (Å²) >= 11 is 0. The van der Waals surface area contributed by atoms with Crippen molar-refractivity contribution >= 4 is 12.2 Å². The second kappa shape index (κ2) is 10.6. The Hall–Kier alpha value is -2.08. The van der Waals surface area contributed by atoms with Crippen LogP contribution in [0.2, 0.25) is 0 Å². The van der Waals surface area contributed by atoms with Crippen LogP contribution in [0.25, 0.3) is 12.2 Å². The Balaban J connectivity index is 1.98. The lowest BCUT2D eigenvalue weighted by Crippen LogP contribution is -1.85. The van der Waals surface area contributed by atoms with Gasteiger partial charge in [0, 0.05) is 0 Å². The predicted molar refractivity (Wildman–Crippen MR) is 103 cm³/mol. The molecule has 0 aliphatic heterocycles. The molecule has 2 aromatic rings. The van der Waals surface area contributed by atoms with Gasteiger partial charge in [0.2, 0.25) is 0 Å². The zero-order valence-corrected chi connectivity index (χ0v) is 14.2. The van der Waals surface area contributed by atoms with Crippen LogP contribution in [0.4, 0.5) is 0 Å². The van der Waals surface area contributed by atoms with Gasteiger partial charge in [0.05, 0.1) is 0 Å². The third-order valence-corrected chi connectivity index (χ3v) is 4.01. The average molecular weight is 304 g/mol. The number of hydrogen-bond donors (Lipinski definition) is 0. The monoisotopic (exact) mass is 304 g/mol. The standard InChI is InChI=1S/C23H28/c1-2-3-4-7-15-23(20-22-16-10-6-11-17-22)19-12-18-21-13-8-5-9-14-21/h5-6,8-14,16-18,20H,2-4,7,15,19H2,1H3/b18-12+,23-20+. The van der Waals surface area contributed by atoms with Crippen molar-refractivity contribution in [1.82, 2.24) is 0 Å². The maximum absolute atomic E-state index is 2.36. The molecule has 0 heterocycles. The highest BCUT2D eigenvalue weighted by Crippen LogP contribution is 2.18.